The second kappa shape index (κ2) is 8.16. The fourth-order valence-electron chi connectivity index (χ4n) is 3.18. The van der Waals surface area contributed by atoms with Crippen LogP contribution in [0.3, 0.4) is 0 Å². The van der Waals surface area contributed by atoms with Gasteiger partial charge in [-0.1, -0.05) is 0 Å². The maximum atomic E-state index is 12.8. The number of rotatable bonds is 5. The number of hydrogen-bond donors (Lipinski definition) is 1. The van der Waals surface area contributed by atoms with E-state index in [0.717, 1.165) is 23.0 Å². The third-order valence-electron chi connectivity index (χ3n) is 4.74. The van der Waals surface area contributed by atoms with E-state index in [2.05, 4.69) is 5.32 Å². The van der Waals surface area contributed by atoms with E-state index >= 15 is 0 Å². The molecule has 1 fully saturated rings. The van der Waals surface area contributed by atoms with Gasteiger partial charge in [0.15, 0.2) is 0 Å². The van der Waals surface area contributed by atoms with Crippen LogP contribution in [0.15, 0.2) is 40.8 Å². The summed E-state index contributed by atoms with van der Waals surface area (Å²) in [4.78, 5) is 28.5. The van der Waals surface area contributed by atoms with Gasteiger partial charge >= 0.3 is 6.03 Å². The molecule has 0 radical (unpaired) electrons. The van der Waals surface area contributed by atoms with Gasteiger partial charge in [-0.15, -0.1) is 0 Å². The zero-order chi connectivity index (χ0) is 19.4. The van der Waals surface area contributed by atoms with Crippen molar-refractivity contribution in [2.45, 2.75) is 26.3 Å². The Bertz CT molecular complexity index is 800. The number of piperazine rings is 1. The van der Waals surface area contributed by atoms with Gasteiger partial charge < -0.3 is 24.3 Å². The van der Waals surface area contributed by atoms with Gasteiger partial charge in [-0.05, 0) is 50.2 Å². The van der Waals surface area contributed by atoms with Gasteiger partial charge in [0.2, 0.25) is 5.91 Å². The van der Waals surface area contributed by atoms with E-state index in [1.54, 1.807) is 23.8 Å². The number of urea groups is 1. The highest BCUT2D eigenvalue weighted by Crippen LogP contribution is 2.23. The fourth-order valence-corrected chi connectivity index (χ4v) is 3.18. The van der Waals surface area contributed by atoms with Crippen LogP contribution in [-0.2, 0) is 11.2 Å². The molecule has 7 heteroatoms. The number of benzene rings is 1. The van der Waals surface area contributed by atoms with Crippen LogP contribution in [0.4, 0.5) is 10.5 Å². The lowest BCUT2D eigenvalue weighted by Gasteiger charge is -2.39. The van der Waals surface area contributed by atoms with Crippen molar-refractivity contribution in [3.63, 3.8) is 0 Å². The van der Waals surface area contributed by atoms with E-state index in [1.165, 1.54) is 0 Å². The number of ether oxygens (including phenoxy) is 1. The van der Waals surface area contributed by atoms with Gasteiger partial charge in [-0.25, -0.2) is 4.79 Å². The highest BCUT2D eigenvalue weighted by Gasteiger charge is 2.34. The molecule has 2 aromatic rings. The zero-order valence-corrected chi connectivity index (χ0v) is 15.9. The molecular formula is C20H25N3O4. The smallest absolute Gasteiger partial charge is 0.318 e. The van der Waals surface area contributed by atoms with E-state index in [0.29, 0.717) is 26.1 Å². The molecule has 1 aliphatic heterocycles. The Kier molecular flexibility index (Phi) is 5.69. The molecule has 0 bridgehead atoms. The van der Waals surface area contributed by atoms with Crippen LogP contribution in [0.5, 0.6) is 5.75 Å². The molecule has 2 heterocycles. The summed E-state index contributed by atoms with van der Waals surface area (Å²) in [6.07, 6.45) is 0.619. The van der Waals surface area contributed by atoms with Gasteiger partial charge in [0.1, 0.15) is 23.3 Å². The molecule has 144 valence electrons. The minimum Gasteiger partial charge on any atom is -0.497 e. The topological polar surface area (TPSA) is 75.0 Å². The largest absolute Gasteiger partial charge is 0.497 e. The first-order valence-corrected chi connectivity index (χ1v) is 9.05. The number of carbonyl (C=O) groups is 2. The molecule has 3 rings (SSSR count). The van der Waals surface area contributed by atoms with E-state index in [9.17, 15) is 9.59 Å². The van der Waals surface area contributed by atoms with Crippen molar-refractivity contribution < 1.29 is 18.7 Å². The van der Waals surface area contributed by atoms with Crippen LogP contribution in [0.25, 0.3) is 0 Å². The minimum absolute atomic E-state index is 0.0942. The third-order valence-corrected chi connectivity index (χ3v) is 4.74. The standard InChI is InChI=1S/C20H25N3O4/c1-14-4-7-18(27-14)10-11-21-20(25)22-12-13-23(19(24)15(22)2)16-5-8-17(26-3)9-6-16/h4-9,15H,10-13H2,1-3H3,(H,21,25). The maximum absolute atomic E-state index is 12.8. The molecule has 1 atom stereocenters. The average Bonchev–Trinajstić information content (AvgIpc) is 3.09. The van der Waals surface area contributed by atoms with E-state index < -0.39 is 6.04 Å². The first-order chi connectivity index (χ1) is 13.0. The number of nitrogens with one attached hydrogen (secondary N) is 1. The molecule has 7 nitrogen and oxygen atoms in total. The Hall–Kier alpha value is -2.96. The Balaban J connectivity index is 1.55. The Labute approximate surface area is 158 Å². The Morgan fingerprint density at radius 2 is 1.96 bits per heavy atom. The normalized spacial score (nSPS) is 17.1. The van der Waals surface area contributed by atoms with Crippen LogP contribution < -0.4 is 15.0 Å². The monoisotopic (exact) mass is 371 g/mol. The maximum Gasteiger partial charge on any atom is 0.318 e. The molecule has 1 aromatic carbocycles. The van der Waals surface area contributed by atoms with Crippen molar-refractivity contribution in [3.05, 3.63) is 47.9 Å². The number of nitrogens with zero attached hydrogens (tertiary/aromatic N) is 2. The quantitative estimate of drug-likeness (QED) is 0.877. The molecule has 1 N–H and O–H groups in total. The lowest BCUT2D eigenvalue weighted by molar-refractivity contribution is -0.124. The summed E-state index contributed by atoms with van der Waals surface area (Å²) in [6, 6.07) is 10.4. The van der Waals surface area contributed by atoms with Crippen molar-refractivity contribution >= 4 is 17.6 Å². The van der Waals surface area contributed by atoms with Crippen LogP contribution in [-0.4, -0.2) is 49.6 Å². The molecule has 0 aliphatic carbocycles. The zero-order valence-electron chi connectivity index (χ0n) is 15.9. The number of carbonyl (C=O) groups excluding carboxylic acids is 2. The van der Waals surface area contributed by atoms with E-state index in [-0.39, 0.29) is 11.9 Å². The lowest BCUT2D eigenvalue weighted by atomic mass is 10.1. The van der Waals surface area contributed by atoms with E-state index in [1.807, 2.05) is 43.3 Å². The van der Waals surface area contributed by atoms with Crippen LogP contribution >= 0.6 is 0 Å². The molecular weight excluding hydrogens is 346 g/mol. The summed E-state index contributed by atoms with van der Waals surface area (Å²) in [7, 11) is 1.60. The van der Waals surface area contributed by atoms with Crippen LogP contribution in [0, 0.1) is 6.92 Å². The highest BCUT2D eigenvalue weighted by atomic mass is 16.5. The predicted molar refractivity (Wildman–Crippen MR) is 102 cm³/mol. The summed E-state index contributed by atoms with van der Waals surface area (Å²) in [5.41, 5.74) is 0.806. The second-order valence-corrected chi connectivity index (χ2v) is 6.55. The summed E-state index contributed by atoms with van der Waals surface area (Å²) < 4.78 is 10.6. The number of amides is 3. The Morgan fingerprint density at radius 3 is 2.59 bits per heavy atom. The predicted octanol–water partition coefficient (Wildman–Crippen LogP) is 2.59. The van der Waals surface area contributed by atoms with Crippen molar-refractivity contribution in [1.82, 2.24) is 10.2 Å². The van der Waals surface area contributed by atoms with Crippen molar-refractivity contribution in [1.29, 1.82) is 0 Å². The van der Waals surface area contributed by atoms with Gasteiger partial charge in [-0.3, -0.25) is 4.79 Å². The fraction of sp³-hybridized carbons (Fsp3) is 0.400. The SMILES string of the molecule is COc1ccc(N2CCN(C(=O)NCCc3ccc(C)o3)C(C)C2=O)cc1. The van der Waals surface area contributed by atoms with Gasteiger partial charge in [0.05, 0.1) is 7.11 Å². The molecule has 1 unspecified atom stereocenters. The first kappa shape index (κ1) is 18.8. The average molecular weight is 371 g/mol. The first-order valence-electron chi connectivity index (χ1n) is 9.05. The number of anilines is 1. The highest BCUT2D eigenvalue weighted by molar-refractivity contribution is 6.00. The van der Waals surface area contributed by atoms with Crippen molar-refractivity contribution in [2.75, 3.05) is 31.6 Å². The summed E-state index contributed by atoms with van der Waals surface area (Å²) in [5.74, 6) is 2.33. The molecule has 1 saturated heterocycles. The van der Waals surface area contributed by atoms with Gasteiger partial charge in [0.25, 0.3) is 0 Å². The molecule has 0 spiro atoms. The van der Waals surface area contributed by atoms with Gasteiger partial charge in [0, 0.05) is 31.7 Å². The lowest BCUT2D eigenvalue weighted by Crippen LogP contribution is -2.59. The van der Waals surface area contributed by atoms with Crippen LogP contribution in [0.1, 0.15) is 18.4 Å². The molecule has 27 heavy (non-hydrogen) atoms. The van der Waals surface area contributed by atoms with Crippen molar-refractivity contribution in [3.8, 4) is 5.75 Å². The summed E-state index contributed by atoms with van der Waals surface area (Å²) >= 11 is 0. The summed E-state index contributed by atoms with van der Waals surface area (Å²) in [6.45, 7) is 5.04. The number of aryl methyl sites for hydroxylation is 1. The van der Waals surface area contributed by atoms with Gasteiger partial charge in [-0.2, -0.15) is 0 Å². The molecule has 0 saturated carbocycles. The number of hydrogen-bond acceptors (Lipinski definition) is 4. The second-order valence-electron chi connectivity index (χ2n) is 6.55. The minimum atomic E-state index is -0.522. The number of methoxy groups -OCH3 is 1. The molecule has 3 amide bonds. The summed E-state index contributed by atoms with van der Waals surface area (Å²) in [5, 5.41) is 2.87. The van der Waals surface area contributed by atoms with Crippen LogP contribution in [0.2, 0.25) is 0 Å². The molecule has 1 aromatic heterocycles. The van der Waals surface area contributed by atoms with E-state index in [4.69, 9.17) is 9.15 Å². The van der Waals surface area contributed by atoms with Crippen molar-refractivity contribution in [2.24, 2.45) is 0 Å². The number of furan rings is 1. The molecule has 1 aliphatic rings. The third kappa shape index (κ3) is 4.24. The Morgan fingerprint density at radius 1 is 1.22 bits per heavy atom.